The number of primary amides is 1. The van der Waals surface area contributed by atoms with Gasteiger partial charge in [-0.25, -0.2) is 9.18 Å². The lowest BCUT2D eigenvalue weighted by atomic mass is 10.0. The van der Waals surface area contributed by atoms with Crippen molar-refractivity contribution in [1.29, 1.82) is 0 Å². The van der Waals surface area contributed by atoms with Crippen LogP contribution in [0.4, 0.5) is 9.18 Å². The molecule has 0 bridgehead atoms. The Morgan fingerprint density at radius 3 is 2.67 bits per heavy atom. The lowest BCUT2D eigenvalue weighted by Crippen LogP contribution is -2.33. The maximum absolute atomic E-state index is 13.7. The summed E-state index contributed by atoms with van der Waals surface area (Å²) in [5.74, 6) is -0.221. The van der Waals surface area contributed by atoms with Crippen LogP contribution in [0.3, 0.4) is 0 Å². The molecule has 0 spiro atoms. The van der Waals surface area contributed by atoms with Gasteiger partial charge in [-0.05, 0) is 69.0 Å². The first kappa shape index (κ1) is 21.8. The van der Waals surface area contributed by atoms with Crippen molar-refractivity contribution in [1.82, 2.24) is 9.88 Å². The molecule has 6 heteroatoms. The van der Waals surface area contributed by atoms with Crippen LogP contribution >= 0.6 is 0 Å². The average Bonchev–Trinajstić information content (AvgIpc) is 3.07. The largest absolute Gasteiger partial charge is 0.444 e. The maximum Gasteiger partial charge on any atom is 0.405 e. The first-order valence-electron chi connectivity index (χ1n) is 10.3. The molecule has 1 amide bonds. The minimum Gasteiger partial charge on any atom is -0.444 e. The Morgan fingerprint density at radius 1 is 1.17 bits per heavy atom. The topological polar surface area (TPSA) is 71.3 Å². The number of nitrogens with two attached hydrogens (primary N) is 1. The molecular weight excluding hydrogens is 381 g/mol. The van der Waals surface area contributed by atoms with Crippen LogP contribution in [0.2, 0.25) is 0 Å². The predicted octanol–water partition coefficient (Wildman–Crippen LogP) is 5.01. The van der Waals surface area contributed by atoms with Gasteiger partial charge in [0.15, 0.2) is 0 Å². The SMILES string of the molecule is CC(C)(CCCN(CCc1c[nH]c2ccc(F)cc12)Cc1ccccc1)OC(N)=O. The maximum atomic E-state index is 13.7. The van der Waals surface area contributed by atoms with Crippen LogP contribution in [0.25, 0.3) is 10.9 Å². The summed E-state index contributed by atoms with van der Waals surface area (Å²) in [5.41, 5.74) is 7.89. The molecule has 0 fully saturated rings. The monoisotopic (exact) mass is 411 g/mol. The van der Waals surface area contributed by atoms with Crippen molar-refractivity contribution in [2.24, 2.45) is 5.73 Å². The molecule has 3 N–H and O–H groups in total. The highest BCUT2D eigenvalue weighted by Crippen LogP contribution is 2.21. The van der Waals surface area contributed by atoms with Gasteiger partial charge >= 0.3 is 6.09 Å². The van der Waals surface area contributed by atoms with Crippen LogP contribution in [0.15, 0.2) is 54.7 Å². The zero-order valence-electron chi connectivity index (χ0n) is 17.7. The van der Waals surface area contributed by atoms with E-state index in [2.05, 4.69) is 22.0 Å². The summed E-state index contributed by atoms with van der Waals surface area (Å²) in [6.45, 7) is 6.28. The number of fused-ring (bicyclic) bond motifs is 1. The van der Waals surface area contributed by atoms with Gasteiger partial charge in [-0.1, -0.05) is 30.3 Å². The normalized spacial score (nSPS) is 11.9. The number of nitrogens with one attached hydrogen (secondary N) is 1. The second-order valence-electron chi connectivity index (χ2n) is 8.30. The highest BCUT2D eigenvalue weighted by molar-refractivity contribution is 5.83. The van der Waals surface area contributed by atoms with Crippen LogP contribution in [-0.2, 0) is 17.7 Å². The Hall–Kier alpha value is -2.86. The molecule has 3 aromatic rings. The predicted molar refractivity (Wildman–Crippen MR) is 118 cm³/mol. The smallest absolute Gasteiger partial charge is 0.405 e. The number of benzene rings is 2. The Bertz CT molecular complexity index is 969. The molecular formula is C24H30FN3O2. The van der Waals surface area contributed by atoms with E-state index in [0.717, 1.165) is 55.4 Å². The Morgan fingerprint density at radius 2 is 1.93 bits per heavy atom. The Kier molecular flexibility index (Phi) is 7.11. The first-order chi connectivity index (χ1) is 14.3. The van der Waals surface area contributed by atoms with Gasteiger partial charge in [0, 0.05) is 30.2 Å². The van der Waals surface area contributed by atoms with Crippen LogP contribution in [-0.4, -0.2) is 34.7 Å². The van der Waals surface area contributed by atoms with E-state index in [9.17, 15) is 9.18 Å². The molecule has 0 aliphatic carbocycles. The Labute approximate surface area is 177 Å². The molecule has 30 heavy (non-hydrogen) atoms. The van der Waals surface area contributed by atoms with Crippen molar-refractivity contribution < 1.29 is 13.9 Å². The number of aromatic nitrogens is 1. The van der Waals surface area contributed by atoms with Crippen LogP contribution < -0.4 is 5.73 Å². The second-order valence-corrected chi connectivity index (χ2v) is 8.30. The number of amides is 1. The van der Waals surface area contributed by atoms with Crippen molar-refractivity contribution in [2.45, 2.75) is 45.3 Å². The molecule has 0 aliphatic heterocycles. The molecule has 5 nitrogen and oxygen atoms in total. The summed E-state index contributed by atoms with van der Waals surface area (Å²) in [6, 6.07) is 15.2. The number of nitrogens with zero attached hydrogens (tertiary/aromatic N) is 1. The fraction of sp³-hybridized carbons (Fsp3) is 0.375. The van der Waals surface area contributed by atoms with Gasteiger partial charge in [0.05, 0.1) is 0 Å². The number of carbonyl (C=O) groups is 1. The fourth-order valence-corrected chi connectivity index (χ4v) is 3.80. The third-order valence-electron chi connectivity index (χ3n) is 5.31. The summed E-state index contributed by atoms with van der Waals surface area (Å²) in [4.78, 5) is 16.7. The van der Waals surface area contributed by atoms with Crippen molar-refractivity contribution in [3.8, 4) is 0 Å². The van der Waals surface area contributed by atoms with E-state index in [-0.39, 0.29) is 5.82 Å². The summed E-state index contributed by atoms with van der Waals surface area (Å²) in [7, 11) is 0. The van der Waals surface area contributed by atoms with Crippen molar-refractivity contribution >= 4 is 17.0 Å². The fourth-order valence-electron chi connectivity index (χ4n) is 3.80. The van der Waals surface area contributed by atoms with Crippen molar-refractivity contribution in [3.63, 3.8) is 0 Å². The number of hydrogen-bond acceptors (Lipinski definition) is 3. The van der Waals surface area contributed by atoms with Gasteiger partial charge in [0.2, 0.25) is 0 Å². The third kappa shape index (κ3) is 6.32. The van der Waals surface area contributed by atoms with E-state index >= 15 is 0 Å². The standard InChI is InChI=1S/C24H30FN3O2/c1-24(2,30-23(26)29)12-6-13-28(17-18-7-4-3-5-8-18)14-11-19-16-27-22-10-9-20(25)15-21(19)22/h3-5,7-10,15-16,27H,6,11-14,17H2,1-2H3,(H2,26,29). The van der Waals surface area contributed by atoms with Crippen LogP contribution in [0.5, 0.6) is 0 Å². The van der Waals surface area contributed by atoms with Crippen LogP contribution in [0, 0.1) is 5.82 Å². The quantitative estimate of drug-likeness (QED) is 0.493. The summed E-state index contributed by atoms with van der Waals surface area (Å²) in [6.07, 6.45) is 3.63. The molecule has 0 radical (unpaired) electrons. The van der Waals surface area contributed by atoms with Gasteiger partial charge in [0.1, 0.15) is 11.4 Å². The van der Waals surface area contributed by atoms with E-state index in [0.29, 0.717) is 0 Å². The molecule has 0 unspecified atom stereocenters. The lowest BCUT2D eigenvalue weighted by Gasteiger charge is -2.27. The summed E-state index contributed by atoms with van der Waals surface area (Å²) < 4.78 is 18.9. The van der Waals surface area contributed by atoms with Crippen molar-refractivity contribution in [2.75, 3.05) is 13.1 Å². The zero-order valence-corrected chi connectivity index (χ0v) is 17.7. The highest BCUT2D eigenvalue weighted by atomic mass is 19.1. The Balaban J connectivity index is 1.64. The molecule has 0 saturated carbocycles. The molecule has 0 atom stereocenters. The van der Waals surface area contributed by atoms with Gasteiger partial charge in [-0.3, -0.25) is 4.90 Å². The number of rotatable bonds is 10. The van der Waals surface area contributed by atoms with E-state index in [1.54, 1.807) is 12.1 Å². The van der Waals surface area contributed by atoms with Gasteiger partial charge < -0.3 is 15.5 Å². The number of aromatic amines is 1. The number of H-pyrrole nitrogens is 1. The number of ether oxygens (including phenoxy) is 1. The first-order valence-corrected chi connectivity index (χ1v) is 10.3. The van der Waals surface area contributed by atoms with Crippen LogP contribution in [0.1, 0.15) is 37.8 Å². The average molecular weight is 412 g/mol. The second kappa shape index (κ2) is 9.76. The van der Waals surface area contributed by atoms with E-state index in [4.69, 9.17) is 10.5 Å². The number of hydrogen-bond donors (Lipinski definition) is 2. The number of carbonyl (C=O) groups excluding carboxylic acids is 1. The molecule has 3 rings (SSSR count). The van der Waals surface area contributed by atoms with E-state index < -0.39 is 11.7 Å². The van der Waals surface area contributed by atoms with Gasteiger partial charge in [-0.15, -0.1) is 0 Å². The summed E-state index contributed by atoms with van der Waals surface area (Å²) >= 11 is 0. The highest BCUT2D eigenvalue weighted by Gasteiger charge is 2.21. The van der Waals surface area contributed by atoms with E-state index in [1.165, 1.54) is 11.6 Å². The molecule has 1 heterocycles. The minimum atomic E-state index is -0.743. The summed E-state index contributed by atoms with van der Waals surface area (Å²) in [5, 5.41) is 0.936. The third-order valence-corrected chi connectivity index (χ3v) is 5.31. The molecule has 2 aromatic carbocycles. The molecule has 160 valence electrons. The lowest BCUT2D eigenvalue weighted by molar-refractivity contribution is 0.0353. The molecule has 0 saturated heterocycles. The minimum absolute atomic E-state index is 0.221. The van der Waals surface area contributed by atoms with Gasteiger partial charge in [-0.2, -0.15) is 0 Å². The molecule has 1 aromatic heterocycles. The van der Waals surface area contributed by atoms with Gasteiger partial charge in [0.25, 0.3) is 0 Å². The number of halogens is 1. The van der Waals surface area contributed by atoms with Crippen molar-refractivity contribution in [3.05, 3.63) is 71.7 Å². The zero-order chi connectivity index (χ0) is 21.6. The molecule has 0 aliphatic rings. The van der Waals surface area contributed by atoms with E-state index in [1.807, 2.05) is 38.2 Å².